The molecule has 108 valence electrons. The summed E-state index contributed by atoms with van der Waals surface area (Å²) in [5.41, 5.74) is 0. The maximum absolute atomic E-state index is 12.6. The van der Waals surface area contributed by atoms with Gasteiger partial charge in [0.05, 0.1) is 11.8 Å². The van der Waals surface area contributed by atoms with Gasteiger partial charge in [-0.2, -0.15) is 11.8 Å². The molecule has 1 saturated carbocycles. The molecule has 0 bridgehead atoms. The monoisotopic (exact) mass is 285 g/mol. The van der Waals surface area contributed by atoms with Crippen LogP contribution in [0.4, 0.5) is 0 Å². The number of carbonyl (C=O) groups excluding carboxylic acids is 1. The number of rotatable bonds is 3. The Morgan fingerprint density at radius 3 is 2.58 bits per heavy atom. The van der Waals surface area contributed by atoms with Crippen molar-refractivity contribution in [1.82, 2.24) is 4.90 Å². The van der Waals surface area contributed by atoms with Gasteiger partial charge in [-0.05, 0) is 19.3 Å². The SMILES string of the molecule is CCC1CN(C(=O)[C@@H]2CCCC[C@@H]2C(=O)O)CCS1. The molecule has 2 fully saturated rings. The number of carbonyl (C=O) groups is 2. The first-order valence-corrected chi connectivity index (χ1v) is 8.31. The van der Waals surface area contributed by atoms with E-state index in [1.807, 2.05) is 16.7 Å². The van der Waals surface area contributed by atoms with Crippen LogP contribution in [0.5, 0.6) is 0 Å². The minimum Gasteiger partial charge on any atom is -0.481 e. The van der Waals surface area contributed by atoms with Gasteiger partial charge in [-0.25, -0.2) is 0 Å². The molecular weight excluding hydrogens is 262 g/mol. The Kier molecular flexibility index (Phi) is 5.13. The molecule has 1 heterocycles. The van der Waals surface area contributed by atoms with E-state index in [2.05, 4.69) is 6.92 Å². The van der Waals surface area contributed by atoms with Crippen LogP contribution in [0, 0.1) is 11.8 Å². The predicted octanol–water partition coefficient (Wildman–Crippen LogP) is 2.23. The predicted molar refractivity (Wildman–Crippen MR) is 76.2 cm³/mol. The maximum Gasteiger partial charge on any atom is 0.307 e. The normalized spacial score (nSPS) is 32.1. The third-order valence-electron chi connectivity index (χ3n) is 4.31. The molecule has 1 aliphatic heterocycles. The lowest BCUT2D eigenvalue weighted by Gasteiger charge is -2.37. The molecule has 1 amide bonds. The fourth-order valence-electron chi connectivity index (χ4n) is 3.12. The van der Waals surface area contributed by atoms with Crippen molar-refractivity contribution in [2.24, 2.45) is 11.8 Å². The smallest absolute Gasteiger partial charge is 0.307 e. The van der Waals surface area contributed by atoms with Crippen molar-refractivity contribution in [2.45, 2.75) is 44.3 Å². The van der Waals surface area contributed by atoms with Gasteiger partial charge in [-0.15, -0.1) is 0 Å². The Bertz CT molecular complexity index is 348. The summed E-state index contributed by atoms with van der Waals surface area (Å²) in [6.45, 7) is 3.72. The van der Waals surface area contributed by atoms with E-state index in [1.165, 1.54) is 0 Å². The first-order valence-electron chi connectivity index (χ1n) is 7.26. The second-order valence-corrected chi connectivity index (χ2v) is 6.93. The summed E-state index contributed by atoms with van der Waals surface area (Å²) in [6, 6.07) is 0. The minimum atomic E-state index is -0.795. The quantitative estimate of drug-likeness (QED) is 0.864. The summed E-state index contributed by atoms with van der Waals surface area (Å²) in [7, 11) is 0. The fourth-order valence-corrected chi connectivity index (χ4v) is 4.30. The van der Waals surface area contributed by atoms with E-state index >= 15 is 0 Å². The lowest BCUT2D eigenvalue weighted by molar-refractivity contribution is -0.152. The summed E-state index contributed by atoms with van der Waals surface area (Å²) >= 11 is 1.93. The van der Waals surface area contributed by atoms with Crippen LogP contribution in [0.15, 0.2) is 0 Å². The number of thioether (sulfide) groups is 1. The molecule has 1 aliphatic carbocycles. The lowest BCUT2D eigenvalue weighted by atomic mass is 9.78. The summed E-state index contributed by atoms with van der Waals surface area (Å²) in [5, 5.41) is 9.80. The van der Waals surface area contributed by atoms with Crippen LogP contribution >= 0.6 is 11.8 Å². The molecule has 1 unspecified atom stereocenters. The molecule has 3 atom stereocenters. The molecule has 0 aromatic heterocycles. The van der Waals surface area contributed by atoms with Crippen LogP contribution in [0.25, 0.3) is 0 Å². The Balaban J connectivity index is 2.02. The molecule has 4 nitrogen and oxygen atoms in total. The number of carboxylic acid groups (broad SMARTS) is 1. The zero-order valence-corrected chi connectivity index (χ0v) is 12.3. The number of amides is 1. The fraction of sp³-hybridized carbons (Fsp3) is 0.857. The van der Waals surface area contributed by atoms with Crippen LogP contribution in [0.2, 0.25) is 0 Å². The molecule has 1 saturated heterocycles. The third kappa shape index (κ3) is 3.44. The number of aliphatic carboxylic acids is 1. The van der Waals surface area contributed by atoms with Gasteiger partial charge in [0.2, 0.25) is 5.91 Å². The summed E-state index contributed by atoms with van der Waals surface area (Å²) in [4.78, 5) is 25.8. The van der Waals surface area contributed by atoms with Crippen LogP contribution in [-0.2, 0) is 9.59 Å². The Morgan fingerprint density at radius 2 is 1.95 bits per heavy atom. The summed E-state index contributed by atoms with van der Waals surface area (Å²) in [6.07, 6.45) is 4.40. The van der Waals surface area contributed by atoms with E-state index in [0.717, 1.165) is 44.5 Å². The molecule has 0 aromatic carbocycles. The highest BCUT2D eigenvalue weighted by atomic mass is 32.2. The number of hydrogen-bond donors (Lipinski definition) is 1. The molecule has 19 heavy (non-hydrogen) atoms. The molecule has 1 N–H and O–H groups in total. The first kappa shape index (κ1) is 14.7. The molecule has 0 spiro atoms. The minimum absolute atomic E-state index is 0.0888. The molecular formula is C14H23NO3S. The van der Waals surface area contributed by atoms with E-state index in [-0.39, 0.29) is 11.8 Å². The van der Waals surface area contributed by atoms with Gasteiger partial charge in [-0.1, -0.05) is 19.8 Å². The van der Waals surface area contributed by atoms with Crippen LogP contribution < -0.4 is 0 Å². The van der Waals surface area contributed by atoms with Crippen molar-refractivity contribution in [3.63, 3.8) is 0 Å². The second-order valence-electron chi connectivity index (χ2n) is 5.52. The Morgan fingerprint density at radius 1 is 1.26 bits per heavy atom. The van der Waals surface area contributed by atoms with Crippen LogP contribution in [-0.4, -0.2) is 46.0 Å². The highest BCUT2D eigenvalue weighted by Gasteiger charge is 2.38. The molecule has 5 heteroatoms. The zero-order valence-electron chi connectivity index (χ0n) is 11.5. The number of hydrogen-bond acceptors (Lipinski definition) is 3. The average Bonchev–Trinajstić information content (AvgIpc) is 2.46. The van der Waals surface area contributed by atoms with E-state index in [9.17, 15) is 14.7 Å². The van der Waals surface area contributed by atoms with Crippen molar-refractivity contribution >= 4 is 23.6 Å². The van der Waals surface area contributed by atoms with E-state index < -0.39 is 11.9 Å². The maximum atomic E-state index is 12.6. The first-order chi connectivity index (χ1) is 9.13. The molecule has 0 aromatic rings. The Hall–Kier alpha value is -0.710. The molecule has 2 aliphatic rings. The number of carboxylic acids is 1. The van der Waals surface area contributed by atoms with Crippen molar-refractivity contribution in [2.75, 3.05) is 18.8 Å². The van der Waals surface area contributed by atoms with E-state index in [4.69, 9.17) is 0 Å². The lowest BCUT2D eigenvalue weighted by Crippen LogP contribution is -2.47. The van der Waals surface area contributed by atoms with Crippen molar-refractivity contribution in [3.05, 3.63) is 0 Å². The van der Waals surface area contributed by atoms with Crippen molar-refractivity contribution < 1.29 is 14.7 Å². The topological polar surface area (TPSA) is 57.6 Å². The van der Waals surface area contributed by atoms with Gasteiger partial charge in [0, 0.05) is 24.1 Å². The van der Waals surface area contributed by atoms with Gasteiger partial charge in [0.1, 0.15) is 0 Å². The Labute approximate surface area is 118 Å². The summed E-state index contributed by atoms with van der Waals surface area (Å²) in [5.74, 6) is -0.473. The van der Waals surface area contributed by atoms with Gasteiger partial charge in [0.15, 0.2) is 0 Å². The zero-order chi connectivity index (χ0) is 13.8. The van der Waals surface area contributed by atoms with Gasteiger partial charge in [-0.3, -0.25) is 9.59 Å². The van der Waals surface area contributed by atoms with Crippen molar-refractivity contribution in [1.29, 1.82) is 0 Å². The van der Waals surface area contributed by atoms with Crippen molar-refractivity contribution in [3.8, 4) is 0 Å². The van der Waals surface area contributed by atoms with E-state index in [1.54, 1.807) is 0 Å². The van der Waals surface area contributed by atoms with Gasteiger partial charge >= 0.3 is 5.97 Å². The average molecular weight is 285 g/mol. The molecule has 0 radical (unpaired) electrons. The highest BCUT2D eigenvalue weighted by molar-refractivity contribution is 8.00. The highest BCUT2D eigenvalue weighted by Crippen LogP contribution is 2.33. The standard InChI is InChI=1S/C14H23NO3S/c1-2-10-9-15(7-8-19-10)13(16)11-5-3-4-6-12(11)14(17)18/h10-12H,2-9H2,1H3,(H,17,18)/t10?,11-,12+/m1/s1. The second kappa shape index (κ2) is 6.64. The summed E-state index contributed by atoms with van der Waals surface area (Å²) < 4.78 is 0. The number of nitrogens with zero attached hydrogens (tertiary/aromatic N) is 1. The van der Waals surface area contributed by atoms with Crippen LogP contribution in [0.3, 0.4) is 0 Å². The van der Waals surface area contributed by atoms with Gasteiger partial charge < -0.3 is 10.0 Å². The van der Waals surface area contributed by atoms with E-state index in [0.29, 0.717) is 11.7 Å². The molecule has 2 rings (SSSR count). The largest absolute Gasteiger partial charge is 0.481 e. The van der Waals surface area contributed by atoms with Crippen LogP contribution in [0.1, 0.15) is 39.0 Å². The third-order valence-corrected chi connectivity index (χ3v) is 5.68. The van der Waals surface area contributed by atoms with Gasteiger partial charge in [0.25, 0.3) is 0 Å².